The van der Waals surface area contributed by atoms with Crippen LogP contribution in [0.4, 0.5) is 8.78 Å². The van der Waals surface area contributed by atoms with Gasteiger partial charge in [0, 0.05) is 4.47 Å². The molecule has 0 aromatic carbocycles. The smallest absolute Gasteiger partial charge is 0.249 e. The lowest BCUT2D eigenvalue weighted by molar-refractivity contribution is 0.146. The maximum atomic E-state index is 12.4. The predicted molar refractivity (Wildman–Crippen MR) is 51.2 cm³/mol. The van der Waals surface area contributed by atoms with E-state index in [0.29, 0.717) is 4.47 Å². The molecular formula is C8H4BrClF2N2. The number of pyridine rings is 1. The lowest BCUT2D eigenvalue weighted by atomic mass is 10.2. The molecule has 1 aromatic rings. The highest BCUT2D eigenvalue weighted by Gasteiger charge is 2.17. The summed E-state index contributed by atoms with van der Waals surface area (Å²) in [5, 5.41) is 8.27. The maximum Gasteiger partial charge on any atom is 0.281 e. The quantitative estimate of drug-likeness (QED) is 0.832. The Kier molecular flexibility index (Phi) is 3.78. The Morgan fingerprint density at radius 2 is 2.29 bits per heavy atom. The highest BCUT2D eigenvalue weighted by Crippen LogP contribution is 2.31. The monoisotopic (exact) mass is 280 g/mol. The zero-order valence-electron chi connectivity index (χ0n) is 6.77. The maximum absolute atomic E-state index is 12.4. The van der Waals surface area contributed by atoms with E-state index < -0.39 is 12.1 Å². The molecule has 0 amide bonds. The van der Waals surface area contributed by atoms with E-state index in [-0.39, 0.29) is 17.1 Å². The van der Waals surface area contributed by atoms with Gasteiger partial charge in [0.05, 0.1) is 23.2 Å². The second-order valence-corrected chi connectivity index (χ2v) is 3.66. The molecule has 14 heavy (non-hydrogen) atoms. The zero-order chi connectivity index (χ0) is 10.7. The van der Waals surface area contributed by atoms with Crippen molar-refractivity contribution in [2.24, 2.45) is 0 Å². The number of aromatic nitrogens is 1. The van der Waals surface area contributed by atoms with Crippen LogP contribution in [0.3, 0.4) is 0 Å². The Morgan fingerprint density at radius 1 is 1.64 bits per heavy atom. The lowest BCUT2D eigenvalue weighted by Gasteiger charge is -2.05. The summed E-state index contributed by atoms with van der Waals surface area (Å²) in [5.41, 5.74) is -0.217. The molecule has 0 saturated heterocycles. The fourth-order valence-electron chi connectivity index (χ4n) is 0.884. The summed E-state index contributed by atoms with van der Waals surface area (Å²) in [4.78, 5) is 3.59. The SMILES string of the molecule is N#CCc1cc(Br)c(Cl)c(C(F)F)n1. The molecule has 0 N–H and O–H groups in total. The van der Waals surface area contributed by atoms with Gasteiger partial charge in [-0.05, 0) is 22.0 Å². The highest BCUT2D eigenvalue weighted by atomic mass is 79.9. The summed E-state index contributed by atoms with van der Waals surface area (Å²) >= 11 is 8.61. The predicted octanol–water partition coefficient (Wildman–Crippen LogP) is 3.50. The minimum atomic E-state index is -2.74. The molecule has 0 atom stereocenters. The molecule has 0 aliphatic rings. The van der Waals surface area contributed by atoms with E-state index in [1.807, 2.05) is 6.07 Å². The van der Waals surface area contributed by atoms with Crippen molar-refractivity contribution in [2.75, 3.05) is 0 Å². The van der Waals surface area contributed by atoms with Crippen molar-refractivity contribution in [3.05, 3.63) is 26.9 Å². The molecule has 1 aromatic heterocycles. The number of halogens is 4. The van der Waals surface area contributed by atoms with Gasteiger partial charge in [0.25, 0.3) is 6.43 Å². The number of nitrogens with zero attached hydrogens (tertiary/aromatic N) is 2. The summed E-state index contributed by atoms with van der Waals surface area (Å²) in [6.07, 6.45) is -2.76. The molecule has 6 heteroatoms. The molecule has 0 saturated carbocycles. The zero-order valence-corrected chi connectivity index (χ0v) is 9.11. The molecule has 0 aliphatic carbocycles. The lowest BCUT2D eigenvalue weighted by Crippen LogP contribution is -1.97. The van der Waals surface area contributed by atoms with Crippen LogP contribution in [0.5, 0.6) is 0 Å². The van der Waals surface area contributed by atoms with E-state index >= 15 is 0 Å². The topological polar surface area (TPSA) is 36.7 Å². The summed E-state index contributed by atoms with van der Waals surface area (Å²) in [5.74, 6) is 0. The average molecular weight is 281 g/mol. The minimum Gasteiger partial charge on any atom is -0.249 e. The van der Waals surface area contributed by atoms with Crippen LogP contribution < -0.4 is 0 Å². The Balaban J connectivity index is 3.22. The second kappa shape index (κ2) is 4.67. The molecule has 1 rings (SSSR count). The van der Waals surface area contributed by atoms with Crippen molar-refractivity contribution in [1.82, 2.24) is 4.98 Å². The van der Waals surface area contributed by atoms with Crippen molar-refractivity contribution < 1.29 is 8.78 Å². The molecule has 0 bridgehead atoms. The van der Waals surface area contributed by atoms with Crippen LogP contribution in [0.15, 0.2) is 10.5 Å². The molecule has 0 radical (unpaired) electrons. The third kappa shape index (κ3) is 2.40. The first-order valence-electron chi connectivity index (χ1n) is 3.56. The van der Waals surface area contributed by atoms with Gasteiger partial charge in [-0.25, -0.2) is 13.8 Å². The number of hydrogen-bond donors (Lipinski definition) is 0. The van der Waals surface area contributed by atoms with E-state index in [2.05, 4.69) is 20.9 Å². The van der Waals surface area contributed by atoms with Crippen LogP contribution in [0.25, 0.3) is 0 Å². The van der Waals surface area contributed by atoms with Crippen LogP contribution in [-0.4, -0.2) is 4.98 Å². The Bertz CT molecular complexity index is 390. The van der Waals surface area contributed by atoms with Gasteiger partial charge in [-0.15, -0.1) is 0 Å². The minimum absolute atomic E-state index is 0.0184. The first-order valence-corrected chi connectivity index (χ1v) is 4.73. The van der Waals surface area contributed by atoms with Gasteiger partial charge in [-0.1, -0.05) is 11.6 Å². The number of hydrogen-bond acceptors (Lipinski definition) is 2. The molecule has 0 aliphatic heterocycles. The van der Waals surface area contributed by atoms with E-state index in [9.17, 15) is 8.78 Å². The molecule has 0 spiro atoms. The molecule has 74 valence electrons. The molecule has 0 fully saturated rings. The van der Waals surface area contributed by atoms with Gasteiger partial charge < -0.3 is 0 Å². The summed E-state index contributed by atoms with van der Waals surface area (Å²) in [6, 6.07) is 3.28. The fraction of sp³-hybridized carbons (Fsp3) is 0.250. The van der Waals surface area contributed by atoms with Crippen molar-refractivity contribution in [1.29, 1.82) is 5.26 Å². The fourth-order valence-corrected chi connectivity index (χ4v) is 1.53. The van der Waals surface area contributed by atoms with E-state index in [0.717, 1.165) is 0 Å². The van der Waals surface area contributed by atoms with Gasteiger partial charge in [0.15, 0.2) is 0 Å². The Labute approximate surface area is 92.6 Å². The first-order chi connectivity index (χ1) is 6.56. The average Bonchev–Trinajstić information content (AvgIpc) is 2.11. The molecule has 1 heterocycles. The van der Waals surface area contributed by atoms with Crippen LogP contribution >= 0.6 is 27.5 Å². The molecular weight excluding hydrogens is 277 g/mol. The second-order valence-electron chi connectivity index (χ2n) is 2.43. The highest BCUT2D eigenvalue weighted by molar-refractivity contribution is 9.10. The normalized spacial score (nSPS) is 10.3. The van der Waals surface area contributed by atoms with Gasteiger partial charge in [0.2, 0.25) is 0 Å². The van der Waals surface area contributed by atoms with Crippen LogP contribution in [0, 0.1) is 11.3 Å². The molecule has 0 unspecified atom stereocenters. The van der Waals surface area contributed by atoms with Crippen molar-refractivity contribution in [3.8, 4) is 6.07 Å². The first kappa shape index (κ1) is 11.3. The van der Waals surface area contributed by atoms with Crippen molar-refractivity contribution >= 4 is 27.5 Å². The third-order valence-corrected chi connectivity index (χ3v) is 2.71. The summed E-state index contributed by atoms with van der Waals surface area (Å²) in [7, 11) is 0. The summed E-state index contributed by atoms with van der Waals surface area (Å²) < 4.78 is 25.1. The van der Waals surface area contributed by atoms with Crippen LogP contribution in [-0.2, 0) is 6.42 Å². The molecule has 2 nitrogen and oxygen atoms in total. The number of rotatable bonds is 2. The third-order valence-electron chi connectivity index (χ3n) is 1.46. The number of alkyl halides is 2. The Hall–Kier alpha value is -0.730. The van der Waals surface area contributed by atoms with Gasteiger partial charge in [-0.3, -0.25) is 0 Å². The Morgan fingerprint density at radius 3 is 2.79 bits per heavy atom. The van der Waals surface area contributed by atoms with E-state index in [4.69, 9.17) is 16.9 Å². The van der Waals surface area contributed by atoms with E-state index in [1.54, 1.807) is 0 Å². The largest absolute Gasteiger partial charge is 0.281 e. The van der Waals surface area contributed by atoms with Gasteiger partial charge in [-0.2, -0.15) is 5.26 Å². The number of nitriles is 1. The van der Waals surface area contributed by atoms with Crippen LogP contribution in [0.1, 0.15) is 17.8 Å². The standard InChI is InChI=1S/C8H4BrClF2N2/c9-5-3-4(1-2-13)14-7(6(5)10)8(11)12/h3,8H,1H2. The van der Waals surface area contributed by atoms with Crippen molar-refractivity contribution in [2.45, 2.75) is 12.8 Å². The van der Waals surface area contributed by atoms with Crippen LogP contribution in [0.2, 0.25) is 5.02 Å². The van der Waals surface area contributed by atoms with Gasteiger partial charge >= 0.3 is 0 Å². The van der Waals surface area contributed by atoms with E-state index in [1.165, 1.54) is 6.07 Å². The van der Waals surface area contributed by atoms with Crippen molar-refractivity contribution in [3.63, 3.8) is 0 Å². The van der Waals surface area contributed by atoms with Gasteiger partial charge in [0.1, 0.15) is 5.69 Å². The summed E-state index contributed by atoms with van der Waals surface area (Å²) in [6.45, 7) is 0.